The van der Waals surface area contributed by atoms with Crippen LogP contribution in [-0.4, -0.2) is 0 Å². The summed E-state index contributed by atoms with van der Waals surface area (Å²) in [7, 11) is 0. The molecule has 0 amide bonds. The van der Waals surface area contributed by atoms with Crippen LogP contribution >= 0.6 is 0 Å². The second kappa shape index (κ2) is 13.4. The summed E-state index contributed by atoms with van der Waals surface area (Å²) in [5.41, 5.74) is 0. The van der Waals surface area contributed by atoms with E-state index in [1.165, 1.54) is 77.0 Å². The molecule has 0 heteroatoms. The lowest BCUT2D eigenvalue weighted by molar-refractivity contribution is 0.439. The van der Waals surface area contributed by atoms with E-state index in [-0.39, 0.29) is 0 Å². The molecule has 0 heterocycles. The third-order valence-corrected chi connectivity index (χ3v) is 4.03. The molecule has 0 saturated heterocycles. The lowest BCUT2D eigenvalue weighted by Gasteiger charge is -2.10. The van der Waals surface area contributed by atoms with Gasteiger partial charge < -0.3 is 0 Å². The minimum atomic E-state index is 0.898. The number of rotatable bonds is 13. The highest BCUT2D eigenvalue weighted by atomic mass is 14.1. The molecule has 0 saturated carbocycles. The molecule has 0 radical (unpaired) electrons. The lowest BCUT2D eigenvalue weighted by Crippen LogP contribution is -1.94. The highest BCUT2D eigenvalue weighted by Crippen LogP contribution is 2.17. The van der Waals surface area contributed by atoms with Gasteiger partial charge in [-0.05, 0) is 11.8 Å². The maximum atomic E-state index is 2.43. The van der Waals surface area contributed by atoms with Crippen LogP contribution in [0.5, 0.6) is 0 Å². The largest absolute Gasteiger partial charge is 0.0654 e. The van der Waals surface area contributed by atoms with Crippen molar-refractivity contribution in [2.75, 3.05) is 0 Å². The van der Waals surface area contributed by atoms with Crippen LogP contribution < -0.4 is 0 Å². The number of hydrogen-bond donors (Lipinski definition) is 0. The Labute approximate surface area is 117 Å². The summed E-state index contributed by atoms with van der Waals surface area (Å²) in [4.78, 5) is 0. The second-order valence-electron chi connectivity index (χ2n) is 6.69. The van der Waals surface area contributed by atoms with Gasteiger partial charge >= 0.3 is 0 Å². The van der Waals surface area contributed by atoms with Gasteiger partial charge in [-0.1, -0.05) is 105 Å². The molecule has 0 N–H and O–H groups in total. The van der Waals surface area contributed by atoms with Gasteiger partial charge in [0.2, 0.25) is 0 Å². The van der Waals surface area contributed by atoms with Crippen molar-refractivity contribution in [3.05, 3.63) is 0 Å². The van der Waals surface area contributed by atoms with Crippen LogP contribution in [0.2, 0.25) is 0 Å². The standard InChI is InChI=1S/C18H38/c1-5-6-15-18(4)16-13-11-9-7-8-10-12-14-17(2)3/h17-18H,5-16H2,1-4H3. The molecular formula is C18H38. The zero-order valence-corrected chi connectivity index (χ0v) is 13.6. The van der Waals surface area contributed by atoms with Crippen LogP contribution in [0.3, 0.4) is 0 Å². The summed E-state index contributed by atoms with van der Waals surface area (Å²) in [5.74, 6) is 1.87. The van der Waals surface area contributed by atoms with E-state index < -0.39 is 0 Å². The molecule has 0 aromatic heterocycles. The predicted molar refractivity (Wildman–Crippen MR) is 85.1 cm³/mol. The molecule has 0 rings (SSSR count). The molecule has 110 valence electrons. The van der Waals surface area contributed by atoms with Gasteiger partial charge in [0.1, 0.15) is 0 Å². The first-order chi connectivity index (χ1) is 8.66. The average molecular weight is 255 g/mol. The Hall–Kier alpha value is 0. The molecule has 0 nitrogen and oxygen atoms in total. The third-order valence-electron chi connectivity index (χ3n) is 4.03. The van der Waals surface area contributed by atoms with Gasteiger partial charge in [-0.3, -0.25) is 0 Å². The number of unbranched alkanes of at least 4 members (excludes halogenated alkanes) is 7. The SMILES string of the molecule is CCCCC(C)CCCCCCCCCC(C)C. The van der Waals surface area contributed by atoms with Gasteiger partial charge in [-0.15, -0.1) is 0 Å². The van der Waals surface area contributed by atoms with Gasteiger partial charge in [0.15, 0.2) is 0 Å². The Bertz CT molecular complexity index is 148. The fraction of sp³-hybridized carbons (Fsp3) is 1.00. The molecule has 0 spiro atoms. The van der Waals surface area contributed by atoms with Crippen molar-refractivity contribution >= 4 is 0 Å². The first-order valence-corrected chi connectivity index (χ1v) is 8.66. The van der Waals surface area contributed by atoms with Gasteiger partial charge in [0, 0.05) is 0 Å². The molecule has 0 aromatic carbocycles. The van der Waals surface area contributed by atoms with E-state index in [2.05, 4.69) is 27.7 Å². The molecule has 1 unspecified atom stereocenters. The minimum absolute atomic E-state index is 0.898. The van der Waals surface area contributed by atoms with Crippen LogP contribution in [-0.2, 0) is 0 Å². The number of hydrogen-bond acceptors (Lipinski definition) is 0. The summed E-state index contributed by atoms with van der Waals surface area (Å²) in [6.45, 7) is 9.40. The van der Waals surface area contributed by atoms with Crippen molar-refractivity contribution in [3.8, 4) is 0 Å². The fourth-order valence-electron chi connectivity index (χ4n) is 2.63. The summed E-state index contributed by atoms with van der Waals surface area (Å²) in [6.07, 6.45) is 17.4. The first kappa shape index (κ1) is 18.0. The maximum absolute atomic E-state index is 2.43. The molecular weight excluding hydrogens is 216 g/mol. The van der Waals surface area contributed by atoms with E-state index in [4.69, 9.17) is 0 Å². The van der Waals surface area contributed by atoms with Gasteiger partial charge in [-0.25, -0.2) is 0 Å². The lowest BCUT2D eigenvalue weighted by atomic mass is 9.97. The van der Waals surface area contributed by atoms with E-state index in [9.17, 15) is 0 Å². The van der Waals surface area contributed by atoms with Crippen molar-refractivity contribution in [1.29, 1.82) is 0 Å². The highest BCUT2D eigenvalue weighted by Gasteiger charge is 2.01. The monoisotopic (exact) mass is 254 g/mol. The molecule has 0 aliphatic heterocycles. The quantitative estimate of drug-likeness (QED) is 0.311. The zero-order chi connectivity index (χ0) is 13.6. The Morgan fingerprint density at radius 2 is 1.00 bits per heavy atom. The molecule has 1 atom stereocenters. The van der Waals surface area contributed by atoms with Crippen LogP contribution in [0, 0.1) is 11.8 Å². The molecule has 0 bridgehead atoms. The van der Waals surface area contributed by atoms with Gasteiger partial charge in [-0.2, -0.15) is 0 Å². The minimum Gasteiger partial charge on any atom is -0.0654 e. The van der Waals surface area contributed by atoms with Crippen LogP contribution in [0.15, 0.2) is 0 Å². The van der Waals surface area contributed by atoms with Crippen LogP contribution in [0.4, 0.5) is 0 Å². The Balaban J connectivity index is 3.07. The predicted octanol–water partition coefficient (Wildman–Crippen LogP) is 6.98. The molecule has 0 fully saturated rings. The first-order valence-electron chi connectivity index (χ1n) is 8.66. The van der Waals surface area contributed by atoms with Gasteiger partial charge in [0.05, 0.1) is 0 Å². The summed E-state index contributed by atoms with van der Waals surface area (Å²) in [6, 6.07) is 0. The second-order valence-corrected chi connectivity index (χ2v) is 6.69. The van der Waals surface area contributed by atoms with Crippen LogP contribution in [0.1, 0.15) is 105 Å². The maximum Gasteiger partial charge on any atom is -0.0443 e. The van der Waals surface area contributed by atoms with Crippen molar-refractivity contribution in [2.45, 2.75) is 105 Å². The van der Waals surface area contributed by atoms with Crippen molar-refractivity contribution in [3.63, 3.8) is 0 Å². The Morgan fingerprint density at radius 3 is 1.50 bits per heavy atom. The zero-order valence-electron chi connectivity index (χ0n) is 13.6. The van der Waals surface area contributed by atoms with Crippen molar-refractivity contribution in [1.82, 2.24) is 0 Å². The highest BCUT2D eigenvalue weighted by molar-refractivity contribution is 4.54. The Kier molecular flexibility index (Phi) is 13.4. The normalized spacial score (nSPS) is 13.2. The summed E-state index contributed by atoms with van der Waals surface area (Å²) >= 11 is 0. The molecule has 0 aromatic rings. The topological polar surface area (TPSA) is 0 Å². The summed E-state index contributed by atoms with van der Waals surface area (Å²) < 4.78 is 0. The Morgan fingerprint density at radius 1 is 0.556 bits per heavy atom. The van der Waals surface area contributed by atoms with Gasteiger partial charge in [0.25, 0.3) is 0 Å². The van der Waals surface area contributed by atoms with Crippen molar-refractivity contribution < 1.29 is 0 Å². The van der Waals surface area contributed by atoms with E-state index >= 15 is 0 Å². The third kappa shape index (κ3) is 14.1. The molecule has 0 aliphatic rings. The van der Waals surface area contributed by atoms with Crippen LogP contribution in [0.25, 0.3) is 0 Å². The molecule has 18 heavy (non-hydrogen) atoms. The van der Waals surface area contributed by atoms with Crippen molar-refractivity contribution in [2.24, 2.45) is 11.8 Å². The average Bonchev–Trinajstić information content (AvgIpc) is 2.34. The summed E-state index contributed by atoms with van der Waals surface area (Å²) in [5, 5.41) is 0. The molecule has 0 aliphatic carbocycles. The fourth-order valence-corrected chi connectivity index (χ4v) is 2.63. The van der Waals surface area contributed by atoms with E-state index in [0.29, 0.717) is 0 Å². The van der Waals surface area contributed by atoms with E-state index in [1.807, 2.05) is 0 Å². The smallest absolute Gasteiger partial charge is 0.0443 e. The van der Waals surface area contributed by atoms with E-state index in [0.717, 1.165) is 11.8 Å². The van der Waals surface area contributed by atoms with E-state index in [1.54, 1.807) is 0 Å².